The van der Waals surface area contributed by atoms with E-state index in [4.69, 9.17) is 5.73 Å². The fraction of sp³-hybridized carbons (Fsp3) is 0.500. The van der Waals surface area contributed by atoms with Gasteiger partial charge >= 0.3 is 12.5 Å². The zero-order valence-electron chi connectivity index (χ0n) is 13.3. The number of guanidine groups is 1. The van der Waals surface area contributed by atoms with E-state index in [1.807, 2.05) is 0 Å². The van der Waals surface area contributed by atoms with Crippen molar-refractivity contribution in [3.8, 4) is 5.75 Å². The molecule has 142 valence electrons. The smallest absolute Gasteiger partial charge is 0.404 e. The Bertz CT molecular complexity index is 573. The summed E-state index contributed by atoms with van der Waals surface area (Å²) in [6.07, 6.45) is -8.83. The number of benzene rings is 1. The van der Waals surface area contributed by atoms with Gasteiger partial charge in [-0.15, -0.1) is 13.2 Å². The third-order valence-electron chi connectivity index (χ3n) is 2.80. The van der Waals surface area contributed by atoms with Crippen molar-refractivity contribution in [2.45, 2.75) is 19.0 Å². The number of halogens is 6. The highest BCUT2D eigenvalue weighted by molar-refractivity contribution is 5.93. The Morgan fingerprint density at radius 2 is 1.84 bits per heavy atom. The molecule has 0 aromatic heterocycles. The zero-order chi connectivity index (χ0) is 19.1. The minimum Gasteiger partial charge on any atom is -0.404 e. The van der Waals surface area contributed by atoms with Crippen molar-refractivity contribution in [1.82, 2.24) is 4.90 Å². The number of nitrogens with two attached hydrogens (primary N) is 1. The molecule has 3 N–H and O–H groups in total. The van der Waals surface area contributed by atoms with Crippen molar-refractivity contribution in [3.63, 3.8) is 0 Å². The molecule has 0 unspecified atom stereocenters. The summed E-state index contributed by atoms with van der Waals surface area (Å²) < 4.78 is 77.2. The lowest BCUT2D eigenvalue weighted by Gasteiger charge is -2.17. The second kappa shape index (κ2) is 8.79. The Morgan fingerprint density at radius 1 is 1.20 bits per heavy atom. The van der Waals surface area contributed by atoms with E-state index in [2.05, 4.69) is 15.0 Å². The maximum atomic E-state index is 12.3. The van der Waals surface area contributed by atoms with Crippen LogP contribution in [0.1, 0.15) is 6.42 Å². The number of alkyl halides is 6. The summed E-state index contributed by atoms with van der Waals surface area (Å²) in [6, 6.07) is 5.26. The standard InChI is InChI=1S/C14H18F6N4O/c1-24(9-13(15,16)17)8-4-7-22-12(21)23-10-5-2-3-6-11(10)25-14(18,19)20/h2-3,5-6H,4,7-9H2,1H3,(H3,21,22,23). The van der Waals surface area contributed by atoms with Gasteiger partial charge in [0.1, 0.15) is 0 Å². The van der Waals surface area contributed by atoms with Crippen LogP contribution in [0.4, 0.5) is 32.0 Å². The van der Waals surface area contributed by atoms with Crippen molar-refractivity contribution in [2.75, 3.05) is 32.0 Å². The minimum atomic E-state index is -4.85. The van der Waals surface area contributed by atoms with E-state index in [0.717, 1.165) is 11.0 Å². The number of aliphatic imine (C=N–C) groups is 1. The maximum absolute atomic E-state index is 12.3. The molecule has 1 rings (SSSR count). The fourth-order valence-electron chi connectivity index (χ4n) is 1.89. The molecule has 0 fully saturated rings. The van der Waals surface area contributed by atoms with E-state index in [9.17, 15) is 26.3 Å². The highest BCUT2D eigenvalue weighted by Crippen LogP contribution is 2.29. The molecule has 0 saturated heterocycles. The molecule has 5 nitrogen and oxygen atoms in total. The second-order valence-corrected chi connectivity index (χ2v) is 5.14. The fourth-order valence-corrected chi connectivity index (χ4v) is 1.89. The summed E-state index contributed by atoms with van der Waals surface area (Å²) in [6.45, 7) is -0.778. The number of anilines is 1. The van der Waals surface area contributed by atoms with Gasteiger partial charge in [0.05, 0.1) is 12.2 Å². The van der Waals surface area contributed by atoms with Crippen molar-refractivity contribution in [1.29, 1.82) is 0 Å². The van der Waals surface area contributed by atoms with Gasteiger partial charge in [0.15, 0.2) is 11.7 Å². The number of para-hydroxylation sites is 2. The molecule has 1 aromatic rings. The molecule has 0 aliphatic heterocycles. The van der Waals surface area contributed by atoms with E-state index < -0.39 is 24.8 Å². The lowest BCUT2D eigenvalue weighted by Crippen LogP contribution is -2.32. The molecule has 0 atom stereocenters. The molecule has 25 heavy (non-hydrogen) atoms. The summed E-state index contributed by atoms with van der Waals surface area (Å²) >= 11 is 0. The van der Waals surface area contributed by atoms with Crippen LogP contribution in [0.15, 0.2) is 29.3 Å². The number of nitrogens with zero attached hydrogens (tertiary/aromatic N) is 2. The van der Waals surface area contributed by atoms with Gasteiger partial charge in [0.25, 0.3) is 0 Å². The van der Waals surface area contributed by atoms with Crippen LogP contribution in [0.3, 0.4) is 0 Å². The summed E-state index contributed by atoms with van der Waals surface area (Å²) in [5.74, 6) is -0.644. The Labute approximate surface area is 140 Å². The first-order chi connectivity index (χ1) is 11.5. The van der Waals surface area contributed by atoms with Crippen LogP contribution in [0.5, 0.6) is 5.75 Å². The SMILES string of the molecule is CN(CCCN=C(N)Nc1ccccc1OC(F)(F)F)CC(F)(F)F. The third-order valence-corrected chi connectivity index (χ3v) is 2.80. The molecule has 1 aromatic carbocycles. The predicted molar refractivity (Wildman–Crippen MR) is 81.4 cm³/mol. The molecular weight excluding hydrogens is 354 g/mol. The van der Waals surface area contributed by atoms with Crippen LogP contribution in [0.2, 0.25) is 0 Å². The van der Waals surface area contributed by atoms with Crippen LogP contribution in [-0.4, -0.2) is 50.1 Å². The Kier molecular flexibility index (Phi) is 7.34. The van der Waals surface area contributed by atoms with Gasteiger partial charge in [-0.2, -0.15) is 13.2 Å². The first kappa shape index (κ1) is 20.9. The van der Waals surface area contributed by atoms with E-state index in [0.29, 0.717) is 6.42 Å². The molecular formula is C14H18F6N4O. The first-order valence-corrected chi connectivity index (χ1v) is 7.13. The number of rotatable bonds is 7. The first-order valence-electron chi connectivity index (χ1n) is 7.13. The van der Waals surface area contributed by atoms with Crippen LogP contribution in [0.25, 0.3) is 0 Å². The van der Waals surface area contributed by atoms with Gasteiger partial charge in [-0.05, 0) is 32.1 Å². The summed E-state index contributed by atoms with van der Waals surface area (Å²) in [5, 5.41) is 2.47. The summed E-state index contributed by atoms with van der Waals surface area (Å²) in [5.41, 5.74) is 5.53. The Balaban J connectivity index is 2.51. The Morgan fingerprint density at radius 3 is 2.44 bits per heavy atom. The van der Waals surface area contributed by atoms with Gasteiger partial charge in [-0.1, -0.05) is 12.1 Å². The number of ether oxygens (including phenoxy) is 1. The van der Waals surface area contributed by atoms with Gasteiger partial charge < -0.3 is 15.8 Å². The lowest BCUT2D eigenvalue weighted by molar-refractivity contribution is -0.274. The van der Waals surface area contributed by atoms with E-state index in [1.165, 1.54) is 25.2 Å². The van der Waals surface area contributed by atoms with Crippen LogP contribution >= 0.6 is 0 Å². The molecule has 0 bridgehead atoms. The monoisotopic (exact) mass is 372 g/mol. The molecule has 0 saturated carbocycles. The summed E-state index contributed by atoms with van der Waals surface area (Å²) in [7, 11) is 1.32. The van der Waals surface area contributed by atoms with Crippen LogP contribution in [0, 0.1) is 0 Å². The number of nitrogens with one attached hydrogen (secondary N) is 1. The normalized spacial score (nSPS) is 13.2. The molecule has 0 radical (unpaired) electrons. The number of hydrogen-bond donors (Lipinski definition) is 2. The average molecular weight is 372 g/mol. The highest BCUT2D eigenvalue weighted by Gasteiger charge is 2.32. The quantitative estimate of drug-likeness (QED) is 0.334. The van der Waals surface area contributed by atoms with E-state index in [-0.39, 0.29) is 24.7 Å². The summed E-state index contributed by atoms with van der Waals surface area (Å²) in [4.78, 5) is 4.95. The Hall–Kier alpha value is -2.17. The predicted octanol–water partition coefficient (Wildman–Crippen LogP) is 3.20. The van der Waals surface area contributed by atoms with Gasteiger partial charge in [-0.25, -0.2) is 0 Å². The zero-order valence-corrected chi connectivity index (χ0v) is 13.3. The topological polar surface area (TPSA) is 62.9 Å². The van der Waals surface area contributed by atoms with E-state index >= 15 is 0 Å². The molecule has 11 heteroatoms. The van der Waals surface area contributed by atoms with Gasteiger partial charge in [-0.3, -0.25) is 9.89 Å². The third kappa shape index (κ3) is 9.65. The van der Waals surface area contributed by atoms with Gasteiger partial charge in [0.2, 0.25) is 0 Å². The molecule has 0 spiro atoms. The second-order valence-electron chi connectivity index (χ2n) is 5.14. The largest absolute Gasteiger partial charge is 0.573 e. The van der Waals surface area contributed by atoms with Crippen LogP contribution in [-0.2, 0) is 0 Å². The lowest BCUT2D eigenvalue weighted by atomic mass is 10.3. The van der Waals surface area contributed by atoms with Crippen molar-refractivity contribution in [2.24, 2.45) is 10.7 Å². The molecule has 0 aliphatic rings. The highest BCUT2D eigenvalue weighted by atomic mass is 19.4. The minimum absolute atomic E-state index is 0.0322. The van der Waals surface area contributed by atoms with Gasteiger partial charge in [0, 0.05) is 6.54 Å². The number of hydrogen-bond acceptors (Lipinski definition) is 3. The van der Waals surface area contributed by atoms with Crippen molar-refractivity contribution in [3.05, 3.63) is 24.3 Å². The molecule has 0 amide bonds. The van der Waals surface area contributed by atoms with Crippen LogP contribution < -0.4 is 15.8 Å². The van der Waals surface area contributed by atoms with Crippen molar-refractivity contribution >= 4 is 11.6 Å². The van der Waals surface area contributed by atoms with E-state index in [1.54, 1.807) is 0 Å². The average Bonchev–Trinajstić information content (AvgIpc) is 2.42. The molecule has 0 aliphatic carbocycles. The molecule has 0 heterocycles. The maximum Gasteiger partial charge on any atom is 0.573 e. The van der Waals surface area contributed by atoms with Crippen molar-refractivity contribution < 1.29 is 31.1 Å².